The minimum atomic E-state index is -0.534. The highest BCUT2D eigenvalue weighted by molar-refractivity contribution is 5.94. The SMILES string of the molecule is CCOC(=O)c1n[nH]nc1-c1cc(C#N)ccc1C. The van der Waals surface area contributed by atoms with Gasteiger partial charge in [-0.15, -0.1) is 5.10 Å². The second-order valence-corrected chi connectivity index (χ2v) is 3.88. The first-order valence-corrected chi connectivity index (χ1v) is 5.76. The Hall–Kier alpha value is -2.68. The number of nitrogens with one attached hydrogen (secondary N) is 1. The lowest BCUT2D eigenvalue weighted by atomic mass is 10.0. The molecule has 0 atom stereocenters. The normalized spacial score (nSPS) is 9.95. The van der Waals surface area contributed by atoms with E-state index in [1.165, 1.54) is 0 Å². The molecule has 1 heterocycles. The molecule has 96 valence electrons. The lowest BCUT2D eigenvalue weighted by Crippen LogP contribution is -2.07. The van der Waals surface area contributed by atoms with E-state index in [0.717, 1.165) is 5.56 Å². The van der Waals surface area contributed by atoms with Gasteiger partial charge in [-0.25, -0.2) is 4.79 Å². The van der Waals surface area contributed by atoms with E-state index in [4.69, 9.17) is 10.00 Å². The number of hydrogen-bond donors (Lipinski definition) is 1. The molecule has 19 heavy (non-hydrogen) atoms. The van der Waals surface area contributed by atoms with Crippen LogP contribution in [0, 0.1) is 18.3 Å². The Balaban J connectivity index is 2.51. The molecule has 0 spiro atoms. The fourth-order valence-corrected chi connectivity index (χ4v) is 1.71. The van der Waals surface area contributed by atoms with Crippen molar-refractivity contribution in [2.24, 2.45) is 0 Å². The molecule has 1 N–H and O–H groups in total. The van der Waals surface area contributed by atoms with Gasteiger partial charge in [-0.05, 0) is 31.5 Å². The molecule has 2 aromatic rings. The van der Waals surface area contributed by atoms with Crippen LogP contribution < -0.4 is 0 Å². The summed E-state index contributed by atoms with van der Waals surface area (Å²) in [5, 5.41) is 19.1. The van der Waals surface area contributed by atoms with Crippen molar-refractivity contribution in [2.75, 3.05) is 6.61 Å². The third-order valence-corrected chi connectivity index (χ3v) is 2.64. The standard InChI is InChI=1S/C13H12N4O2/c1-3-19-13(18)12-11(15-17-16-12)10-6-9(7-14)5-4-8(10)2/h4-6H,3H2,1-2H3,(H,15,16,17). The molecular weight excluding hydrogens is 244 g/mol. The van der Waals surface area contributed by atoms with Gasteiger partial charge in [0.1, 0.15) is 5.69 Å². The van der Waals surface area contributed by atoms with Crippen molar-refractivity contribution in [1.29, 1.82) is 5.26 Å². The van der Waals surface area contributed by atoms with Gasteiger partial charge in [0.05, 0.1) is 18.2 Å². The molecule has 1 aromatic heterocycles. The third kappa shape index (κ3) is 2.45. The van der Waals surface area contributed by atoms with Gasteiger partial charge in [0.2, 0.25) is 0 Å². The zero-order valence-corrected chi connectivity index (χ0v) is 10.6. The summed E-state index contributed by atoms with van der Waals surface area (Å²) in [6, 6.07) is 7.25. The van der Waals surface area contributed by atoms with Crippen LogP contribution in [0.2, 0.25) is 0 Å². The molecule has 0 amide bonds. The topological polar surface area (TPSA) is 91.7 Å². The van der Waals surface area contributed by atoms with Crippen LogP contribution in [0.4, 0.5) is 0 Å². The molecule has 0 radical (unpaired) electrons. The van der Waals surface area contributed by atoms with Gasteiger partial charge in [0, 0.05) is 5.56 Å². The smallest absolute Gasteiger partial charge is 0.361 e. The first kappa shape index (κ1) is 12.8. The van der Waals surface area contributed by atoms with Crippen LogP contribution in [0.3, 0.4) is 0 Å². The van der Waals surface area contributed by atoms with Crippen LogP contribution in [0.5, 0.6) is 0 Å². The molecule has 2 rings (SSSR count). The Labute approximate surface area is 110 Å². The molecule has 0 saturated carbocycles. The van der Waals surface area contributed by atoms with Crippen LogP contribution in [0.1, 0.15) is 28.5 Å². The van der Waals surface area contributed by atoms with Crippen molar-refractivity contribution >= 4 is 5.97 Å². The van der Waals surface area contributed by atoms with E-state index in [-0.39, 0.29) is 12.3 Å². The first-order chi connectivity index (χ1) is 9.17. The molecule has 0 aliphatic heterocycles. The fourth-order valence-electron chi connectivity index (χ4n) is 1.71. The third-order valence-electron chi connectivity index (χ3n) is 2.64. The van der Waals surface area contributed by atoms with Crippen LogP contribution >= 0.6 is 0 Å². The van der Waals surface area contributed by atoms with E-state index >= 15 is 0 Å². The molecule has 0 aliphatic carbocycles. The monoisotopic (exact) mass is 256 g/mol. The molecular formula is C13H12N4O2. The minimum absolute atomic E-state index is 0.125. The van der Waals surface area contributed by atoms with E-state index < -0.39 is 5.97 Å². The lowest BCUT2D eigenvalue weighted by molar-refractivity contribution is 0.0520. The highest BCUT2D eigenvalue weighted by atomic mass is 16.5. The molecule has 0 bridgehead atoms. The van der Waals surface area contributed by atoms with Crippen LogP contribution in [0.25, 0.3) is 11.3 Å². The van der Waals surface area contributed by atoms with Crippen LogP contribution in [-0.4, -0.2) is 28.0 Å². The summed E-state index contributed by atoms with van der Waals surface area (Å²) in [5.74, 6) is -0.534. The summed E-state index contributed by atoms with van der Waals surface area (Å²) in [4.78, 5) is 11.8. The number of carbonyl (C=O) groups excluding carboxylic acids is 1. The number of aryl methyl sites for hydroxylation is 1. The number of benzene rings is 1. The van der Waals surface area contributed by atoms with E-state index in [1.807, 2.05) is 6.92 Å². The van der Waals surface area contributed by atoms with Crippen molar-refractivity contribution in [3.05, 3.63) is 35.0 Å². The van der Waals surface area contributed by atoms with Gasteiger partial charge >= 0.3 is 5.97 Å². The second kappa shape index (κ2) is 5.31. The highest BCUT2D eigenvalue weighted by Crippen LogP contribution is 2.25. The quantitative estimate of drug-likeness (QED) is 0.846. The number of hydrogen-bond acceptors (Lipinski definition) is 5. The fraction of sp³-hybridized carbons (Fsp3) is 0.231. The number of aromatic amines is 1. The highest BCUT2D eigenvalue weighted by Gasteiger charge is 2.20. The van der Waals surface area contributed by atoms with E-state index in [1.54, 1.807) is 25.1 Å². The Morgan fingerprint density at radius 2 is 2.26 bits per heavy atom. The van der Waals surface area contributed by atoms with Gasteiger partial charge in [0.15, 0.2) is 5.69 Å². The van der Waals surface area contributed by atoms with Crippen molar-refractivity contribution in [1.82, 2.24) is 15.4 Å². The Kier molecular flexibility index (Phi) is 3.57. The number of ether oxygens (including phenoxy) is 1. The van der Waals surface area contributed by atoms with Crippen LogP contribution in [0.15, 0.2) is 18.2 Å². The summed E-state index contributed by atoms with van der Waals surface area (Å²) in [6.45, 7) is 3.86. The van der Waals surface area contributed by atoms with Crippen molar-refractivity contribution in [3.8, 4) is 17.3 Å². The zero-order valence-electron chi connectivity index (χ0n) is 10.6. The second-order valence-electron chi connectivity index (χ2n) is 3.88. The molecule has 6 nitrogen and oxygen atoms in total. The maximum atomic E-state index is 11.8. The van der Waals surface area contributed by atoms with Crippen molar-refractivity contribution in [2.45, 2.75) is 13.8 Å². The molecule has 0 aliphatic rings. The zero-order chi connectivity index (χ0) is 13.8. The molecule has 6 heteroatoms. The average molecular weight is 256 g/mol. The number of H-pyrrole nitrogens is 1. The van der Waals surface area contributed by atoms with E-state index in [9.17, 15) is 4.79 Å². The Bertz CT molecular complexity index is 655. The number of esters is 1. The molecule has 1 aromatic carbocycles. The maximum Gasteiger partial charge on any atom is 0.361 e. The minimum Gasteiger partial charge on any atom is -0.461 e. The van der Waals surface area contributed by atoms with E-state index in [0.29, 0.717) is 16.8 Å². The number of aromatic nitrogens is 3. The van der Waals surface area contributed by atoms with Crippen molar-refractivity contribution < 1.29 is 9.53 Å². The van der Waals surface area contributed by atoms with Gasteiger partial charge in [-0.2, -0.15) is 15.6 Å². The van der Waals surface area contributed by atoms with Crippen molar-refractivity contribution in [3.63, 3.8) is 0 Å². The van der Waals surface area contributed by atoms with E-state index in [2.05, 4.69) is 21.5 Å². The largest absolute Gasteiger partial charge is 0.461 e. The number of nitrogens with zero attached hydrogens (tertiary/aromatic N) is 3. The van der Waals surface area contributed by atoms with Gasteiger partial charge < -0.3 is 4.74 Å². The van der Waals surface area contributed by atoms with Gasteiger partial charge in [0.25, 0.3) is 0 Å². The summed E-state index contributed by atoms with van der Waals surface area (Å²) in [7, 11) is 0. The first-order valence-electron chi connectivity index (χ1n) is 5.76. The summed E-state index contributed by atoms with van der Waals surface area (Å²) in [6.07, 6.45) is 0. The van der Waals surface area contributed by atoms with Gasteiger partial charge in [-0.1, -0.05) is 6.07 Å². The predicted molar refractivity (Wildman–Crippen MR) is 67.2 cm³/mol. The number of nitriles is 1. The summed E-state index contributed by atoms with van der Waals surface area (Å²) < 4.78 is 4.92. The number of carbonyl (C=O) groups is 1. The summed E-state index contributed by atoms with van der Waals surface area (Å²) >= 11 is 0. The van der Waals surface area contributed by atoms with Crippen LogP contribution in [-0.2, 0) is 4.74 Å². The lowest BCUT2D eigenvalue weighted by Gasteiger charge is -2.05. The number of rotatable bonds is 3. The maximum absolute atomic E-state index is 11.8. The van der Waals surface area contributed by atoms with Gasteiger partial charge in [-0.3, -0.25) is 0 Å². The Morgan fingerprint density at radius 1 is 1.47 bits per heavy atom. The molecule has 0 fully saturated rings. The summed E-state index contributed by atoms with van der Waals surface area (Å²) in [5.41, 5.74) is 2.61. The molecule has 0 unspecified atom stereocenters. The predicted octanol–water partition coefficient (Wildman–Crippen LogP) is 1.83. The Morgan fingerprint density at radius 3 is 2.95 bits per heavy atom. The molecule has 0 saturated heterocycles. The average Bonchev–Trinajstić information content (AvgIpc) is 2.89.